The SMILES string of the molecule is CCCNCc1cc(=O)[nH]c(C2CSCCN2C)n1. The van der Waals surface area contributed by atoms with Crippen LogP contribution in [0.5, 0.6) is 0 Å². The van der Waals surface area contributed by atoms with Gasteiger partial charge >= 0.3 is 0 Å². The lowest BCUT2D eigenvalue weighted by molar-refractivity contribution is 0.263. The van der Waals surface area contributed by atoms with Crippen molar-refractivity contribution in [2.24, 2.45) is 0 Å². The van der Waals surface area contributed by atoms with E-state index in [1.165, 1.54) is 0 Å². The third-order valence-electron chi connectivity index (χ3n) is 3.26. The quantitative estimate of drug-likeness (QED) is 0.789. The number of hydrogen-bond acceptors (Lipinski definition) is 5. The first-order chi connectivity index (χ1) is 9.20. The molecule has 1 atom stereocenters. The zero-order chi connectivity index (χ0) is 13.7. The summed E-state index contributed by atoms with van der Waals surface area (Å²) in [5, 5.41) is 3.29. The molecule has 1 aliphatic rings. The van der Waals surface area contributed by atoms with Crippen LogP contribution in [0.15, 0.2) is 10.9 Å². The zero-order valence-electron chi connectivity index (χ0n) is 11.6. The van der Waals surface area contributed by atoms with Gasteiger partial charge in [-0.2, -0.15) is 11.8 Å². The second-order valence-electron chi connectivity index (χ2n) is 4.87. The molecule has 2 rings (SSSR count). The third kappa shape index (κ3) is 4.06. The minimum atomic E-state index is -0.0535. The molecule has 106 valence electrons. The Bertz CT molecular complexity index is 462. The number of aromatic nitrogens is 2. The van der Waals surface area contributed by atoms with Crippen LogP contribution in [-0.2, 0) is 6.54 Å². The van der Waals surface area contributed by atoms with Crippen LogP contribution in [-0.4, -0.2) is 46.5 Å². The second-order valence-corrected chi connectivity index (χ2v) is 6.02. The molecule has 1 saturated heterocycles. The summed E-state index contributed by atoms with van der Waals surface area (Å²) in [5.74, 6) is 2.94. The summed E-state index contributed by atoms with van der Waals surface area (Å²) < 4.78 is 0. The highest BCUT2D eigenvalue weighted by Crippen LogP contribution is 2.25. The Labute approximate surface area is 118 Å². The largest absolute Gasteiger partial charge is 0.311 e. The molecule has 0 aliphatic carbocycles. The Morgan fingerprint density at radius 1 is 1.63 bits per heavy atom. The molecular formula is C13H22N4OS. The van der Waals surface area contributed by atoms with Crippen LogP contribution in [0.4, 0.5) is 0 Å². The molecule has 1 aliphatic heterocycles. The van der Waals surface area contributed by atoms with Crippen LogP contribution in [0.2, 0.25) is 0 Å². The molecule has 0 saturated carbocycles. The number of nitrogens with zero attached hydrogens (tertiary/aromatic N) is 2. The van der Waals surface area contributed by atoms with Crippen LogP contribution in [0.3, 0.4) is 0 Å². The Kier molecular flexibility index (Phi) is 5.42. The fraction of sp³-hybridized carbons (Fsp3) is 0.692. The van der Waals surface area contributed by atoms with E-state index in [1.807, 2.05) is 11.8 Å². The number of rotatable bonds is 5. The average Bonchev–Trinajstić information content (AvgIpc) is 2.39. The van der Waals surface area contributed by atoms with E-state index < -0.39 is 0 Å². The number of nitrogens with one attached hydrogen (secondary N) is 2. The van der Waals surface area contributed by atoms with Crippen molar-refractivity contribution in [3.63, 3.8) is 0 Å². The lowest BCUT2D eigenvalue weighted by Crippen LogP contribution is -2.35. The minimum absolute atomic E-state index is 0.0535. The number of aromatic amines is 1. The van der Waals surface area contributed by atoms with E-state index in [2.05, 4.69) is 34.2 Å². The van der Waals surface area contributed by atoms with Gasteiger partial charge < -0.3 is 10.3 Å². The van der Waals surface area contributed by atoms with Gasteiger partial charge in [-0.05, 0) is 20.0 Å². The molecule has 2 N–H and O–H groups in total. The fourth-order valence-electron chi connectivity index (χ4n) is 2.14. The van der Waals surface area contributed by atoms with E-state index in [1.54, 1.807) is 6.07 Å². The summed E-state index contributed by atoms with van der Waals surface area (Å²) in [7, 11) is 2.09. The minimum Gasteiger partial charge on any atom is -0.311 e. The van der Waals surface area contributed by atoms with Crippen LogP contribution in [0.25, 0.3) is 0 Å². The molecule has 5 nitrogen and oxygen atoms in total. The summed E-state index contributed by atoms with van der Waals surface area (Å²) in [4.78, 5) is 21.5. The Hall–Kier alpha value is -0.850. The molecule has 6 heteroatoms. The average molecular weight is 282 g/mol. The summed E-state index contributed by atoms with van der Waals surface area (Å²) >= 11 is 1.92. The predicted octanol–water partition coefficient (Wildman–Crippen LogP) is 0.989. The first-order valence-electron chi connectivity index (χ1n) is 6.79. The molecule has 1 aromatic heterocycles. The van der Waals surface area contributed by atoms with Gasteiger partial charge in [-0.1, -0.05) is 6.92 Å². The molecule has 0 bridgehead atoms. The summed E-state index contributed by atoms with van der Waals surface area (Å²) in [6.07, 6.45) is 1.08. The topological polar surface area (TPSA) is 61.0 Å². The van der Waals surface area contributed by atoms with Crippen molar-refractivity contribution in [3.05, 3.63) is 27.9 Å². The zero-order valence-corrected chi connectivity index (χ0v) is 12.4. The Morgan fingerprint density at radius 2 is 2.47 bits per heavy atom. The van der Waals surface area contributed by atoms with Crippen molar-refractivity contribution >= 4 is 11.8 Å². The van der Waals surface area contributed by atoms with Crippen molar-refractivity contribution < 1.29 is 0 Å². The van der Waals surface area contributed by atoms with E-state index >= 15 is 0 Å². The number of hydrogen-bond donors (Lipinski definition) is 2. The monoisotopic (exact) mass is 282 g/mol. The summed E-state index contributed by atoms with van der Waals surface area (Å²) in [6, 6.07) is 1.81. The van der Waals surface area contributed by atoms with Gasteiger partial charge in [-0.3, -0.25) is 9.69 Å². The molecule has 0 amide bonds. The van der Waals surface area contributed by atoms with Gasteiger partial charge in [0, 0.05) is 30.7 Å². The van der Waals surface area contributed by atoms with E-state index in [-0.39, 0.29) is 11.6 Å². The molecule has 0 spiro atoms. The maximum atomic E-state index is 11.7. The van der Waals surface area contributed by atoms with Gasteiger partial charge in [0.15, 0.2) is 0 Å². The first kappa shape index (κ1) is 14.6. The van der Waals surface area contributed by atoms with E-state index in [0.29, 0.717) is 6.54 Å². The van der Waals surface area contributed by atoms with Crippen molar-refractivity contribution in [3.8, 4) is 0 Å². The molecule has 0 aromatic carbocycles. The molecule has 19 heavy (non-hydrogen) atoms. The Morgan fingerprint density at radius 3 is 3.21 bits per heavy atom. The van der Waals surface area contributed by atoms with E-state index in [4.69, 9.17) is 0 Å². The van der Waals surface area contributed by atoms with Gasteiger partial charge in [0.25, 0.3) is 5.56 Å². The summed E-state index contributed by atoms with van der Waals surface area (Å²) in [5.41, 5.74) is 0.776. The van der Waals surface area contributed by atoms with Gasteiger partial charge in [-0.15, -0.1) is 0 Å². The number of thioether (sulfide) groups is 1. The lowest BCUT2D eigenvalue weighted by Gasteiger charge is -2.31. The Balaban J connectivity index is 2.13. The third-order valence-corrected chi connectivity index (χ3v) is 4.28. The molecule has 2 heterocycles. The smallest absolute Gasteiger partial charge is 0.251 e. The van der Waals surface area contributed by atoms with Crippen LogP contribution >= 0.6 is 11.8 Å². The molecule has 1 fully saturated rings. The second kappa shape index (κ2) is 7.07. The van der Waals surface area contributed by atoms with Gasteiger partial charge in [0.1, 0.15) is 5.82 Å². The normalized spacial score (nSPS) is 20.6. The van der Waals surface area contributed by atoms with Crippen molar-refractivity contribution in [1.29, 1.82) is 0 Å². The first-order valence-corrected chi connectivity index (χ1v) is 7.95. The highest BCUT2D eigenvalue weighted by atomic mass is 32.2. The van der Waals surface area contributed by atoms with Gasteiger partial charge in [-0.25, -0.2) is 4.98 Å². The molecule has 1 aromatic rings. The highest BCUT2D eigenvalue weighted by Gasteiger charge is 2.23. The number of H-pyrrole nitrogens is 1. The molecule has 1 unspecified atom stereocenters. The van der Waals surface area contributed by atoms with Crippen LogP contribution in [0.1, 0.15) is 30.9 Å². The molecule has 0 radical (unpaired) electrons. The van der Waals surface area contributed by atoms with Crippen LogP contribution < -0.4 is 10.9 Å². The lowest BCUT2D eigenvalue weighted by atomic mass is 10.2. The molecular weight excluding hydrogens is 260 g/mol. The maximum absolute atomic E-state index is 11.7. The predicted molar refractivity (Wildman–Crippen MR) is 79.6 cm³/mol. The van der Waals surface area contributed by atoms with E-state index in [0.717, 1.165) is 42.5 Å². The highest BCUT2D eigenvalue weighted by molar-refractivity contribution is 7.99. The van der Waals surface area contributed by atoms with Crippen molar-refractivity contribution in [2.45, 2.75) is 25.9 Å². The van der Waals surface area contributed by atoms with Crippen molar-refractivity contribution in [2.75, 3.05) is 31.6 Å². The van der Waals surface area contributed by atoms with Gasteiger partial charge in [0.2, 0.25) is 0 Å². The fourth-order valence-corrected chi connectivity index (χ4v) is 3.36. The van der Waals surface area contributed by atoms with Crippen LogP contribution in [0, 0.1) is 0 Å². The maximum Gasteiger partial charge on any atom is 0.251 e. The van der Waals surface area contributed by atoms with E-state index in [9.17, 15) is 4.79 Å². The summed E-state index contributed by atoms with van der Waals surface area (Å²) in [6.45, 7) is 4.77. The standard InChI is InChI=1S/C13H22N4OS/c1-3-4-14-8-10-7-12(18)16-13(15-10)11-9-19-6-5-17(11)2/h7,11,14H,3-6,8-9H2,1-2H3,(H,15,16,18). The van der Waals surface area contributed by atoms with Gasteiger partial charge in [0.05, 0.1) is 11.7 Å². The van der Waals surface area contributed by atoms with Crippen molar-refractivity contribution in [1.82, 2.24) is 20.2 Å².